The molecule has 28 heavy (non-hydrogen) atoms. The molecule has 0 amide bonds. The van der Waals surface area contributed by atoms with Crippen LogP contribution in [-0.4, -0.2) is 58.1 Å². The van der Waals surface area contributed by atoms with Crippen LogP contribution < -0.4 is 4.74 Å². The molecule has 152 valence electrons. The van der Waals surface area contributed by atoms with Crippen molar-refractivity contribution >= 4 is 11.6 Å². The van der Waals surface area contributed by atoms with Crippen molar-refractivity contribution < 1.29 is 29.9 Å². The Kier molecular flexibility index (Phi) is 6.93. The predicted molar refractivity (Wildman–Crippen MR) is 105 cm³/mol. The topological polar surface area (TPSA) is 99.4 Å². The number of aliphatic hydroxyl groups is 4. The van der Waals surface area contributed by atoms with E-state index in [0.29, 0.717) is 23.6 Å². The lowest BCUT2D eigenvalue weighted by Gasteiger charge is -2.19. The maximum atomic E-state index is 10.3. The molecule has 1 fully saturated rings. The molecule has 2 aromatic carbocycles. The monoisotopic (exact) mass is 408 g/mol. The Morgan fingerprint density at radius 1 is 1.11 bits per heavy atom. The van der Waals surface area contributed by atoms with Crippen LogP contribution in [-0.2, 0) is 11.2 Å². The molecule has 1 saturated heterocycles. The summed E-state index contributed by atoms with van der Waals surface area (Å²) in [7, 11) is 0. The highest BCUT2D eigenvalue weighted by molar-refractivity contribution is 6.31. The predicted octanol–water partition coefficient (Wildman–Crippen LogP) is 1.84. The zero-order valence-corrected chi connectivity index (χ0v) is 16.3. The summed E-state index contributed by atoms with van der Waals surface area (Å²) in [5.74, 6) is 0.802. The van der Waals surface area contributed by atoms with Gasteiger partial charge in [-0.15, -0.1) is 0 Å². The zero-order chi connectivity index (χ0) is 20.3. The van der Waals surface area contributed by atoms with Gasteiger partial charge in [0.2, 0.25) is 0 Å². The fourth-order valence-corrected chi connectivity index (χ4v) is 3.58. The third kappa shape index (κ3) is 4.49. The fourth-order valence-electron chi connectivity index (χ4n) is 3.40. The number of hydrogen-bond donors (Lipinski definition) is 4. The first-order chi connectivity index (χ1) is 13.4. The van der Waals surface area contributed by atoms with Crippen LogP contribution in [0.3, 0.4) is 0 Å². The number of aliphatic hydroxyl groups excluding tert-OH is 4. The first-order valence-corrected chi connectivity index (χ1v) is 9.63. The summed E-state index contributed by atoms with van der Waals surface area (Å²) in [6, 6.07) is 13.0. The standard InChI is InChI=1S/C21H25ClO6/c1-2-27-15-6-3-12(4-7-15)9-14-10-13(5-8-16(14)22)20-18(25)19(26)21(28-20)17(24)11-23/h3-8,10,17-21,23-26H,2,9,11H2,1H3/t17?,18-,19-,20-,21?/m1/s1. The lowest BCUT2D eigenvalue weighted by Crippen LogP contribution is -2.40. The van der Waals surface area contributed by atoms with Gasteiger partial charge in [-0.05, 0) is 48.2 Å². The second kappa shape index (κ2) is 9.22. The molecule has 3 rings (SSSR count). The Morgan fingerprint density at radius 3 is 2.46 bits per heavy atom. The Labute approximate surface area is 168 Å². The van der Waals surface area contributed by atoms with Crippen LogP contribution >= 0.6 is 11.6 Å². The second-order valence-corrected chi connectivity index (χ2v) is 7.26. The van der Waals surface area contributed by atoms with Crippen molar-refractivity contribution in [3.05, 3.63) is 64.2 Å². The van der Waals surface area contributed by atoms with E-state index in [4.69, 9.17) is 26.2 Å². The van der Waals surface area contributed by atoms with Gasteiger partial charge in [-0.25, -0.2) is 0 Å². The molecule has 0 spiro atoms. The Bertz CT molecular complexity index is 781. The summed E-state index contributed by atoms with van der Waals surface area (Å²) in [6.45, 7) is 1.97. The van der Waals surface area contributed by atoms with Crippen LogP contribution in [0.1, 0.15) is 29.7 Å². The minimum Gasteiger partial charge on any atom is -0.494 e. The average Bonchev–Trinajstić information content (AvgIpc) is 3.00. The number of benzene rings is 2. The van der Waals surface area contributed by atoms with Crippen molar-refractivity contribution in [3.63, 3.8) is 0 Å². The molecule has 0 aromatic heterocycles. The number of rotatable bonds is 7. The van der Waals surface area contributed by atoms with E-state index in [9.17, 15) is 15.3 Å². The van der Waals surface area contributed by atoms with E-state index in [0.717, 1.165) is 16.9 Å². The van der Waals surface area contributed by atoms with Crippen molar-refractivity contribution in [2.45, 2.75) is 43.9 Å². The summed E-state index contributed by atoms with van der Waals surface area (Å²) in [5.41, 5.74) is 2.54. The molecule has 1 aliphatic heterocycles. The molecular weight excluding hydrogens is 384 g/mol. The third-order valence-electron chi connectivity index (χ3n) is 4.89. The quantitative estimate of drug-likeness (QED) is 0.558. The van der Waals surface area contributed by atoms with Crippen LogP contribution in [0.4, 0.5) is 0 Å². The first kappa shape index (κ1) is 21.0. The average molecular weight is 409 g/mol. The largest absolute Gasteiger partial charge is 0.494 e. The highest BCUT2D eigenvalue weighted by atomic mass is 35.5. The maximum absolute atomic E-state index is 10.3. The van der Waals surface area contributed by atoms with Gasteiger partial charge in [-0.1, -0.05) is 35.9 Å². The molecule has 0 radical (unpaired) electrons. The van der Waals surface area contributed by atoms with E-state index in [1.54, 1.807) is 12.1 Å². The van der Waals surface area contributed by atoms with Crippen molar-refractivity contribution in [2.75, 3.05) is 13.2 Å². The molecule has 6 nitrogen and oxygen atoms in total. The van der Waals surface area contributed by atoms with Crippen molar-refractivity contribution in [1.29, 1.82) is 0 Å². The number of halogens is 1. The van der Waals surface area contributed by atoms with Gasteiger partial charge in [0.1, 0.15) is 36.3 Å². The van der Waals surface area contributed by atoms with Crippen LogP contribution in [0.5, 0.6) is 5.75 Å². The highest BCUT2D eigenvalue weighted by Crippen LogP contribution is 2.36. The molecule has 1 aliphatic rings. The van der Waals surface area contributed by atoms with Gasteiger partial charge in [0.25, 0.3) is 0 Å². The zero-order valence-electron chi connectivity index (χ0n) is 15.5. The number of ether oxygens (including phenoxy) is 2. The van der Waals surface area contributed by atoms with E-state index < -0.39 is 37.1 Å². The molecule has 5 atom stereocenters. The summed E-state index contributed by atoms with van der Waals surface area (Å²) in [6.07, 6.45) is -5.09. The van der Waals surface area contributed by atoms with Crippen molar-refractivity contribution in [3.8, 4) is 5.75 Å². The number of hydrogen-bond acceptors (Lipinski definition) is 6. The Balaban J connectivity index is 1.79. The van der Waals surface area contributed by atoms with Gasteiger partial charge >= 0.3 is 0 Å². The van der Waals surface area contributed by atoms with Gasteiger partial charge in [-0.2, -0.15) is 0 Å². The van der Waals surface area contributed by atoms with Gasteiger partial charge in [0, 0.05) is 5.02 Å². The van der Waals surface area contributed by atoms with Crippen molar-refractivity contribution in [1.82, 2.24) is 0 Å². The smallest absolute Gasteiger partial charge is 0.119 e. The second-order valence-electron chi connectivity index (χ2n) is 6.86. The van der Waals surface area contributed by atoms with Crippen LogP contribution in [0.15, 0.2) is 42.5 Å². The van der Waals surface area contributed by atoms with E-state index in [2.05, 4.69) is 0 Å². The van der Waals surface area contributed by atoms with E-state index in [1.165, 1.54) is 0 Å². The molecular formula is C21H25ClO6. The molecule has 1 heterocycles. The molecule has 0 saturated carbocycles. The van der Waals surface area contributed by atoms with E-state index in [1.807, 2.05) is 37.3 Å². The Hall–Kier alpha value is -1.67. The van der Waals surface area contributed by atoms with Crippen LogP contribution in [0.2, 0.25) is 5.02 Å². The minimum absolute atomic E-state index is 0.565. The molecule has 2 unspecified atom stereocenters. The third-order valence-corrected chi connectivity index (χ3v) is 5.26. The minimum atomic E-state index is -1.29. The van der Waals surface area contributed by atoms with Gasteiger partial charge < -0.3 is 29.9 Å². The highest BCUT2D eigenvalue weighted by Gasteiger charge is 2.46. The van der Waals surface area contributed by atoms with Gasteiger partial charge in [0.05, 0.1) is 13.2 Å². The fraction of sp³-hybridized carbons (Fsp3) is 0.429. The van der Waals surface area contributed by atoms with Gasteiger partial charge in [-0.3, -0.25) is 0 Å². The summed E-state index contributed by atoms with van der Waals surface area (Å²) >= 11 is 6.35. The van der Waals surface area contributed by atoms with Crippen molar-refractivity contribution in [2.24, 2.45) is 0 Å². The van der Waals surface area contributed by atoms with E-state index in [-0.39, 0.29) is 0 Å². The Morgan fingerprint density at radius 2 is 1.82 bits per heavy atom. The SMILES string of the molecule is CCOc1ccc(Cc2cc([C@H]3OC(C(O)CO)[C@H](O)[C@H]3O)ccc2Cl)cc1. The summed E-state index contributed by atoms with van der Waals surface area (Å²) in [4.78, 5) is 0. The van der Waals surface area contributed by atoms with Crippen LogP contribution in [0.25, 0.3) is 0 Å². The summed E-state index contributed by atoms with van der Waals surface area (Å²) in [5, 5.41) is 40.0. The lowest BCUT2D eigenvalue weighted by atomic mass is 9.96. The molecule has 2 aromatic rings. The maximum Gasteiger partial charge on any atom is 0.119 e. The summed E-state index contributed by atoms with van der Waals surface area (Å²) < 4.78 is 11.1. The first-order valence-electron chi connectivity index (χ1n) is 9.25. The molecule has 0 aliphatic carbocycles. The van der Waals surface area contributed by atoms with E-state index >= 15 is 0 Å². The molecule has 0 bridgehead atoms. The normalized spacial score (nSPS) is 25.6. The lowest BCUT2D eigenvalue weighted by molar-refractivity contribution is -0.0820. The molecule has 7 heteroatoms. The van der Waals surface area contributed by atoms with Gasteiger partial charge in [0.15, 0.2) is 0 Å². The molecule has 4 N–H and O–H groups in total. The van der Waals surface area contributed by atoms with Crippen LogP contribution in [0, 0.1) is 0 Å².